The van der Waals surface area contributed by atoms with Gasteiger partial charge in [0.15, 0.2) is 0 Å². The smallest absolute Gasteiger partial charge is 0.306 e. The molecule has 2 unspecified atom stereocenters. The lowest BCUT2D eigenvalue weighted by Crippen LogP contribution is -2.36. The fraction of sp³-hybridized carbons (Fsp3) is 0.889. The zero-order valence-electron chi connectivity index (χ0n) is 7.12. The van der Waals surface area contributed by atoms with Crippen molar-refractivity contribution >= 4 is 5.97 Å². The van der Waals surface area contributed by atoms with E-state index in [1.807, 2.05) is 0 Å². The van der Waals surface area contributed by atoms with Crippen LogP contribution in [0.4, 0.5) is 0 Å². The molecule has 0 spiro atoms. The molecule has 0 amide bonds. The third-order valence-electron chi connectivity index (χ3n) is 3.01. The minimum Gasteiger partial charge on any atom is -0.481 e. The summed E-state index contributed by atoms with van der Waals surface area (Å²) in [6, 6.07) is 0.694. The van der Waals surface area contributed by atoms with Crippen molar-refractivity contribution in [2.75, 3.05) is 6.54 Å². The van der Waals surface area contributed by atoms with Gasteiger partial charge in [0.1, 0.15) is 0 Å². The Bertz CT molecular complexity index is 189. The van der Waals surface area contributed by atoms with Gasteiger partial charge in [-0.15, -0.1) is 0 Å². The van der Waals surface area contributed by atoms with Crippen LogP contribution in [0.3, 0.4) is 0 Å². The first-order chi connectivity index (χ1) is 5.77. The first kappa shape index (κ1) is 8.05. The fourth-order valence-corrected chi connectivity index (χ4v) is 1.71. The van der Waals surface area contributed by atoms with Crippen molar-refractivity contribution in [3.63, 3.8) is 0 Å². The normalized spacial score (nSPS) is 34.3. The predicted octanol–water partition coefficient (Wildman–Crippen LogP) is 0.849. The van der Waals surface area contributed by atoms with Crippen LogP contribution in [-0.2, 0) is 4.79 Å². The molecule has 2 rings (SSSR count). The molecule has 2 aliphatic carbocycles. The summed E-state index contributed by atoms with van der Waals surface area (Å²) in [7, 11) is 0. The summed E-state index contributed by atoms with van der Waals surface area (Å²) in [5, 5.41) is 12.0. The van der Waals surface area contributed by atoms with E-state index in [-0.39, 0.29) is 5.92 Å². The van der Waals surface area contributed by atoms with Gasteiger partial charge in [0.2, 0.25) is 0 Å². The fourth-order valence-electron chi connectivity index (χ4n) is 1.71. The maximum Gasteiger partial charge on any atom is 0.306 e. The Hall–Kier alpha value is -0.570. The molecule has 2 N–H and O–H groups in total. The number of aliphatic carboxylic acids is 1. The van der Waals surface area contributed by atoms with Gasteiger partial charge in [-0.3, -0.25) is 4.79 Å². The standard InChI is InChI=1S/C9H15NO2/c11-9(12)8-4-6(8)5-10-7-2-1-3-7/h6-8,10H,1-5H2,(H,11,12). The van der Waals surface area contributed by atoms with Crippen molar-refractivity contribution < 1.29 is 9.90 Å². The Morgan fingerprint density at radius 2 is 2.25 bits per heavy atom. The van der Waals surface area contributed by atoms with E-state index in [1.54, 1.807) is 0 Å². The predicted molar refractivity (Wildman–Crippen MR) is 44.9 cm³/mol. The van der Waals surface area contributed by atoms with Crippen LogP contribution in [0.25, 0.3) is 0 Å². The Balaban J connectivity index is 1.60. The van der Waals surface area contributed by atoms with Crippen LogP contribution in [0.5, 0.6) is 0 Å². The van der Waals surface area contributed by atoms with Gasteiger partial charge in [0.05, 0.1) is 5.92 Å². The Morgan fingerprint density at radius 3 is 2.67 bits per heavy atom. The van der Waals surface area contributed by atoms with Crippen LogP contribution in [0.15, 0.2) is 0 Å². The van der Waals surface area contributed by atoms with Crippen molar-refractivity contribution in [2.45, 2.75) is 31.7 Å². The Labute approximate surface area is 72.2 Å². The van der Waals surface area contributed by atoms with Crippen molar-refractivity contribution in [1.29, 1.82) is 0 Å². The highest BCUT2D eigenvalue weighted by molar-refractivity contribution is 5.73. The molecule has 0 saturated heterocycles. The lowest BCUT2D eigenvalue weighted by Gasteiger charge is -2.26. The molecule has 12 heavy (non-hydrogen) atoms. The number of hydrogen-bond acceptors (Lipinski definition) is 2. The highest BCUT2D eigenvalue weighted by Crippen LogP contribution is 2.38. The van der Waals surface area contributed by atoms with E-state index in [0.29, 0.717) is 12.0 Å². The van der Waals surface area contributed by atoms with E-state index in [1.165, 1.54) is 19.3 Å². The molecule has 0 radical (unpaired) electrons. The van der Waals surface area contributed by atoms with Crippen LogP contribution in [0.1, 0.15) is 25.7 Å². The Morgan fingerprint density at radius 1 is 1.50 bits per heavy atom. The van der Waals surface area contributed by atoms with E-state index in [9.17, 15) is 4.79 Å². The Kier molecular flexibility index (Phi) is 2.05. The van der Waals surface area contributed by atoms with Crippen molar-refractivity contribution in [2.24, 2.45) is 11.8 Å². The van der Waals surface area contributed by atoms with E-state index >= 15 is 0 Å². The summed E-state index contributed by atoms with van der Waals surface area (Å²) in [6.45, 7) is 0.918. The molecule has 3 nitrogen and oxygen atoms in total. The van der Waals surface area contributed by atoms with Crippen molar-refractivity contribution in [1.82, 2.24) is 5.32 Å². The van der Waals surface area contributed by atoms with E-state index in [0.717, 1.165) is 13.0 Å². The third kappa shape index (κ3) is 1.61. The van der Waals surface area contributed by atoms with Gasteiger partial charge in [-0.05, 0) is 31.7 Å². The summed E-state index contributed by atoms with van der Waals surface area (Å²) < 4.78 is 0. The molecule has 0 bridgehead atoms. The molecule has 2 aliphatic rings. The molecule has 0 aromatic heterocycles. The summed E-state index contributed by atoms with van der Waals surface area (Å²) in [5.41, 5.74) is 0. The van der Waals surface area contributed by atoms with Gasteiger partial charge in [0, 0.05) is 6.04 Å². The van der Waals surface area contributed by atoms with E-state index in [2.05, 4.69) is 5.32 Å². The minimum absolute atomic E-state index is 0.0439. The quantitative estimate of drug-likeness (QED) is 0.656. The van der Waals surface area contributed by atoms with Crippen LogP contribution in [0, 0.1) is 11.8 Å². The first-order valence-electron chi connectivity index (χ1n) is 4.73. The van der Waals surface area contributed by atoms with Crippen LogP contribution >= 0.6 is 0 Å². The largest absolute Gasteiger partial charge is 0.481 e. The number of carboxylic acids is 1. The maximum atomic E-state index is 10.5. The van der Waals surface area contributed by atoms with Crippen LogP contribution in [-0.4, -0.2) is 23.7 Å². The van der Waals surface area contributed by atoms with Crippen LogP contribution < -0.4 is 5.32 Å². The van der Waals surface area contributed by atoms with E-state index in [4.69, 9.17) is 5.11 Å². The molecule has 3 heteroatoms. The second kappa shape index (κ2) is 3.05. The van der Waals surface area contributed by atoms with Gasteiger partial charge >= 0.3 is 5.97 Å². The lowest BCUT2D eigenvalue weighted by molar-refractivity contribution is -0.138. The molecular formula is C9H15NO2. The van der Waals surface area contributed by atoms with Gasteiger partial charge in [-0.2, -0.15) is 0 Å². The summed E-state index contributed by atoms with van der Waals surface area (Å²) in [6.07, 6.45) is 4.79. The average Bonchev–Trinajstić information content (AvgIpc) is 2.63. The monoisotopic (exact) mass is 169 g/mol. The molecule has 2 fully saturated rings. The summed E-state index contributed by atoms with van der Waals surface area (Å²) in [5.74, 6) is -0.240. The topological polar surface area (TPSA) is 49.3 Å². The van der Waals surface area contributed by atoms with Crippen molar-refractivity contribution in [3.05, 3.63) is 0 Å². The third-order valence-corrected chi connectivity index (χ3v) is 3.01. The van der Waals surface area contributed by atoms with E-state index < -0.39 is 5.97 Å². The van der Waals surface area contributed by atoms with Gasteiger partial charge in [-0.25, -0.2) is 0 Å². The number of hydrogen-bond donors (Lipinski definition) is 2. The summed E-state index contributed by atoms with van der Waals surface area (Å²) in [4.78, 5) is 10.5. The van der Waals surface area contributed by atoms with Crippen LogP contribution in [0.2, 0.25) is 0 Å². The molecule has 0 aliphatic heterocycles. The molecular weight excluding hydrogens is 154 g/mol. The van der Waals surface area contributed by atoms with Gasteiger partial charge in [0.25, 0.3) is 0 Å². The number of carboxylic acid groups (broad SMARTS) is 1. The first-order valence-corrected chi connectivity index (χ1v) is 4.73. The molecule has 2 atom stereocenters. The maximum absolute atomic E-state index is 10.5. The van der Waals surface area contributed by atoms with Crippen molar-refractivity contribution in [3.8, 4) is 0 Å². The lowest BCUT2D eigenvalue weighted by atomic mass is 9.93. The highest BCUT2D eigenvalue weighted by atomic mass is 16.4. The average molecular weight is 169 g/mol. The number of carbonyl (C=O) groups is 1. The molecule has 68 valence electrons. The number of rotatable bonds is 4. The van der Waals surface area contributed by atoms with Gasteiger partial charge < -0.3 is 10.4 Å². The molecule has 0 aromatic carbocycles. The molecule has 0 heterocycles. The second-order valence-electron chi connectivity index (χ2n) is 3.98. The molecule has 2 saturated carbocycles. The summed E-state index contributed by atoms with van der Waals surface area (Å²) >= 11 is 0. The highest BCUT2D eigenvalue weighted by Gasteiger charge is 2.42. The minimum atomic E-state index is -0.615. The second-order valence-corrected chi connectivity index (χ2v) is 3.98. The zero-order chi connectivity index (χ0) is 8.55. The zero-order valence-corrected chi connectivity index (χ0v) is 7.12. The SMILES string of the molecule is O=C(O)C1CC1CNC1CCC1. The van der Waals surface area contributed by atoms with Gasteiger partial charge in [-0.1, -0.05) is 6.42 Å². The number of nitrogens with one attached hydrogen (secondary N) is 1. The molecule has 0 aromatic rings.